The minimum absolute atomic E-state index is 0.112. The van der Waals surface area contributed by atoms with Gasteiger partial charge >= 0.3 is 29.8 Å². The molecule has 0 heterocycles. The van der Waals surface area contributed by atoms with E-state index in [1.165, 1.54) is 34.6 Å². The van der Waals surface area contributed by atoms with Gasteiger partial charge in [-0.25, -0.2) is 4.79 Å². The van der Waals surface area contributed by atoms with Crippen molar-refractivity contribution >= 4 is 148 Å². The van der Waals surface area contributed by atoms with Crippen LogP contribution in [0.3, 0.4) is 0 Å². The minimum atomic E-state index is -2.30. The topological polar surface area (TPSA) is 865 Å². The van der Waals surface area contributed by atoms with Crippen LogP contribution in [0.1, 0.15) is 173 Å². The molecule has 1 aromatic carbocycles. The summed E-state index contributed by atoms with van der Waals surface area (Å²) in [7, 11) is 0. The normalized spacial score (nSPS) is 14.9. The third-order valence-corrected chi connectivity index (χ3v) is 20.0. The number of carbonyl (C=O) groups is 25. The van der Waals surface area contributed by atoms with Crippen molar-refractivity contribution in [2.75, 3.05) is 26.3 Å². The Labute approximate surface area is 787 Å². The minimum Gasteiger partial charge on any atom is -0.481 e. The van der Waals surface area contributed by atoms with E-state index in [0.29, 0.717) is 5.56 Å². The summed E-state index contributed by atoms with van der Waals surface area (Å²) in [6.07, 6.45) is -9.09. The number of hydrogen-bond acceptors (Lipinski definition) is 27. The van der Waals surface area contributed by atoms with Gasteiger partial charge in [-0.3, -0.25) is 115 Å². The van der Waals surface area contributed by atoms with Crippen molar-refractivity contribution in [1.82, 2.24) is 95.7 Å². The Bertz CT molecular complexity index is 4440. The van der Waals surface area contributed by atoms with Crippen LogP contribution in [0.4, 0.5) is 0 Å². The molecule has 0 aromatic heterocycles. The molecule has 53 heteroatoms. The standard InChI is InChI=1S/C84H133N21O32/c1-36(2)24-47(70(122)89-32-59(110)91-54(84(136)137)27-44-18-16-15-17-19-44)94-80(132)56(35-107)102-78(130)52(30-63(116)117)98-74(126)49(26-38(5)6)95-73(125)48(25-37(3)4)96-76(128)51(29-62(114)115)99-77(129)53(31-64(118)119)100-82(134)67(41(11)12)104-72(124)46(21-23-58(87)109)92-75(127)50(28-61(112)113)97-71(123)45(20-22-57(86)108)93-79(131)55(34-106)101-69(121)43(14)90-81(133)66(40(9)10)105-83(135)65(39(7)8)103-60(111)33-88-68(120)42(13)85/h15-19,36-43,45-56,65-67,106-107H,20-35,85H2,1-14H3,(H2,86,108)(H2,87,109)(H,88,120)(H,89,122)(H,90,133)(H,91,110)(H,92,127)(H,93,131)(H,94,132)(H,95,125)(H,96,128)(H,97,123)(H,98,126)(H,99,129)(H,100,134)(H,101,121)(H,102,130)(H,103,111)(H,104,124)(H,105,135)(H,112,113)(H,114,115)(H,116,117)(H,118,119)(H,136,137)/p+1/t42-,43-,45-,46-,47-,48-,49-,50-,51-,52-,53-,54-,55-,56-,65-,66-,67-/m0/s1. The average molecular weight is 1950 g/mol. The molecular weight excluding hydrogens is 1820 g/mol. The molecule has 0 saturated heterocycles. The SMILES string of the molecule is CC(C)C[C@H](NC(=O)[C@H](CO)NC(=O)[C@H](CC(=O)O)NC(=O)[C@H](CC(C)C)NC(=O)[C@H](CC(C)C)NC(=O)[C@H](CC(=O)O)NC(=O)[C@H](CC(=O)O)NC(=O)[C@@H](NC(=O)[C@H](CCC(N)=O)NC(=O)[C@H](CC(=O)O)NC(=O)[C@H](CCC(N)=O)NC(=O)[C@H](CO)NC(=O)[C@H](C)NC(=O)[C@@H](NC(=O)[C@@H](NC(=O)CNC(=O)[C@H](C)[NH3+])C(C)C)C(C)C)C(C)C)C(=O)NCC(=O)N[C@@H](Cc1ccccc1)C(=O)O. The highest BCUT2D eigenvalue weighted by atomic mass is 16.4. The quantitative estimate of drug-likeness (QED) is 0.0288. The molecule has 137 heavy (non-hydrogen) atoms. The maximum atomic E-state index is 14.4. The highest BCUT2D eigenvalue weighted by Crippen LogP contribution is 2.16. The first-order chi connectivity index (χ1) is 63.7. The predicted octanol–water partition coefficient (Wildman–Crippen LogP) is -10.5. The lowest BCUT2D eigenvalue weighted by molar-refractivity contribution is -0.398. The second kappa shape index (κ2) is 60.3. The van der Waals surface area contributed by atoms with Crippen LogP contribution in [0, 0.1) is 35.5 Å². The summed E-state index contributed by atoms with van der Waals surface area (Å²) in [4.78, 5) is 333. The van der Waals surface area contributed by atoms with Crippen LogP contribution < -0.4 is 113 Å². The van der Waals surface area contributed by atoms with Gasteiger partial charge in [0, 0.05) is 19.3 Å². The molecule has 53 nitrogen and oxygen atoms in total. The van der Waals surface area contributed by atoms with Crippen molar-refractivity contribution < 1.29 is 161 Å². The van der Waals surface area contributed by atoms with E-state index in [0.717, 1.165) is 6.92 Å². The lowest BCUT2D eigenvalue weighted by Crippen LogP contribution is -2.66. The van der Waals surface area contributed by atoms with E-state index in [-0.39, 0.29) is 31.6 Å². The van der Waals surface area contributed by atoms with E-state index in [2.05, 4.69) is 90.8 Å². The van der Waals surface area contributed by atoms with Crippen molar-refractivity contribution in [2.45, 2.75) is 277 Å². The van der Waals surface area contributed by atoms with E-state index in [9.17, 15) is 156 Å². The molecule has 0 fully saturated rings. The fourth-order valence-corrected chi connectivity index (χ4v) is 12.8. The predicted molar refractivity (Wildman–Crippen MR) is 476 cm³/mol. The van der Waals surface area contributed by atoms with Gasteiger partial charge < -0.3 is 149 Å². The molecule has 766 valence electrons. The molecule has 0 unspecified atom stereocenters. The molecule has 0 aliphatic rings. The van der Waals surface area contributed by atoms with Gasteiger partial charge in [0.25, 0.3) is 5.91 Å². The summed E-state index contributed by atoms with van der Waals surface area (Å²) < 4.78 is 0. The Hall–Kier alpha value is -14.1. The summed E-state index contributed by atoms with van der Waals surface area (Å²) in [5, 5.41) is 111. The number of carbonyl (C=O) groups excluding carboxylic acids is 20. The number of aliphatic carboxylic acids is 5. The second-order valence-corrected chi connectivity index (χ2v) is 34.8. The average Bonchev–Trinajstić information content (AvgIpc) is 0.872. The molecule has 0 spiro atoms. The number of benzene rings is 1. The van der Waals surface area contributed by atoms with Gasteiger partial charge in [0.05, 0.1) is 52.0 Å². The highest BCUT2D eigenvalue weighted by molar-refractivity contribution is 6.03. The number of aliphatic hydroxyl groups excluding tert-OH is 2. The Balaban J connectivity index is 3.58. The Morgan fingerprint density at radius 3 is 0.883 bits per heavy atom. The third kappa shape index (κ3) is 46.6. The van der Waals surface area contributed by atoms with Crippen LogP contribution in [-0.2, 0) is 126 Å². The van der Waals surface area contributed by atoms with Crippen molar-refractivity contribution in [1.29, 1.82) is 0 Å². The molecule has 20 amide bonds. The van der Waals surface area contributed by atoms with Gasteiger partial charge in [-0.15, -0.1) is 0 Å². The number of nitrogens with one attached hydrogen (secondary N) is 18. The van der Waals surface area contributed by atoms with Crippen molar-refractivity contribution in [2.24, 2.45) is 47.0 Å². The zero-order valence-corrected chi connectivity index (χ0v) is 78.7. The van der Waals surface area contributed by atoms with Crippen LogP contribution in [0.15, 0.2) is 30.3 Å². The van der Waals surface area contributed by atoms with Gasteiger partial charge in [0.2, 0.25) is 112 Å². The van der Waals surface area contributed by atoms with E-state index in [4.69, 9.17) is 11.5 Å². The lowest BCUT2D eigenvalue weighted by atomic mass is 9.99. The van der Waals surface area contributed by atoms with Crippen molar-refractivity contribution in [3.63, 3.8) is 0 Å². The number of amides is 20. The Morgan fingerprint density at radius 1 is 0.292 bits per heavy atom. The molecule has 0 saturated carbocycles. The molecule has 1 rings (SSSR count). The third-order valence-electron chi connectivity index (χ3n) is 20.0. The number of quaternary nitrogens is 1. The summed E-state index contributed by atoms with van der Waals surface area (Å²) in [6.45, 7) is 17.2. The van der Waals surface area contributed by atoms with Crippen molar-refractivity contribution in [3.8, 4) is 0 Å². The van der Waals surface area contributed by atoms with Crippen LogP contribution >= 0.6 is 0 Å². The van der Waals surface area contributed by atoms with Gasteiger partial charge in [0.15, 0.2) is 6.04 Å². The Kier molecular flexibility index (Phi) is 53.2. The molecule has 32 N–H and O–H groups in total. The first kappa shape index (κ1) is 121. The fraction of sp³-hybridized carbons (Fsp3) is 0.631. The maximum absolute atomic E-state index is 14.4. The van der Waals surface area contributed by atoms with Gasteiger partial charge in [-0.05, 0) is 87.0 Å². The fourth-order valence-electron chi connectivity index (χ4n) is 12.8. The zero-order valence-electron chi connectivity index (χ0n) is 78.7. The first-order valence-corrected chi connectivity index (χ1v) is 43.9. The highest BCUT2D eigenvalue weighted by Gasteiger charge is 2.42. The van der Waals surface area contributed by atoms with Crippen LogP contribution in [-0.4, -0.2) is 313 Å². The number of hydrogen-bond donors (Lipinski definition) is 28. The number of primary amides is 2. The summed E-state index contributed by atoms with van der Waals surface area (Å²) in [5.74, 6) is -35.9. The van der Waals surface area contributed by atoms with Crippen molar-refractivity contribution in [3.05, 3.63) is 35.9 Å². The Morgan fingerprint density at radius 2 is 0.555 bits per heavy atom. The van der Waals surface area contributed by atoms with E-state index in [1.54, 1.807) is 85.7 Å². The molecule has 17 atom stereocenters. The first-order valence-electron chi connectivity index (χ1n) is 43.9. The van der Waals surface area contributed by atoms with Crippen LogP contribution in [0.25, 0.3) is 0 Å². The zero-order chi connectivity index (χ0) is 105. The summed E-state index contributed by atoms with van der Waals surface area (Å²) >= 11 is 0. The monoisotopic (exact) mass is 1950 g/mol. The lowest BCUT2D eigenvalue weighted by Gasteiger charge is -2.29. The molecule has 0 bridgehead atoms. The van der Waals surface area contributed by atoms with E-state index >= 15 is 0 Å². The number of rotatable bonds is 64. The van der Waals surface area contributed by atoms with Crippen LogP contribution in [0.5, 0.6) is 0 Å². The van der Waals surface area contributed by atoms with Crippen LogP contribution in [0.2, 0.25) is 0 Å². The number of carboxylic acid groups (broad SMARTS) is 5. The second-order valence-electron chi connectivity index (χ2n) is 34.8. The van der Waals surface area contributed by atoms with Gasteiger partial charge in [-0.1, -0.05) is 113 Å². The summed E-state index contributed by atoms with van der Waals surface area (Å²) in [5.41, 5.74) is 14.9. The smallest absolute Gasteiger partial charge is 0.326 e. The summed E-state index contributed by atoms with van der Waals surface area (Å²) in [6, 6.07) is -21.8. The number of aliphatic hydroxyl groups is 2. The van der Waals surface area contributed by atoms with E-state index < -0.39 is 358 Å². The largest absolute Gasteiger partial charge is 0.481 e. The molecule has 1 aromatic rings. The maximum Gasteiger partial charge on any atom is 0.326 e. The molecule has 0 aliphatic carbocycles. The molecule has 0 aliphatic heterocycles. The van der Waals surface area contributed by atoms with Gasteiger partial charge in [-0.2, -0.15) is 0 Å². The van der Waals surface area contributed by atoms with E-state index in [1.807, 2.05) is 10.6 Å². The van der Waals surface area contributed by atoms with Gasteiger partial charge in [0.1, 0.15) is 96.7 Å². The molecule has 0 radical (unpaired) electrons. The molecular formula is C84H134N21O32+. The number of carboxylic acids is 5. The number of nitrogens with two attached hydrogens (primary N) is 2.